The van der Waals surface area contributed by atoms with Crippen molar-refractivity contribution in [3.05, 3.63) is 11.9 Å². The molecule has 1 amide bonds. The molecule has 0 unspecified atom stereocenters. The van der Waals surface area contributed by atoms with Crippen LogP contribution in [0.5, 0.6) is 0 Å². The Morgan fingerprint density at radius 3 is 2.87 bits per heavy atom. The van der Waals surface area contributed by atoms with E-state index in [-0.39, 0.29) is 5.91 Å². The number of hydrogen-bond acceptors (Lipinski definition) is 3. The lowest BCUT2D eigenvalue weighted by atomic mass is 10.1. The number of nitrogen functional groups attached to an aromatic ring is 1. The number of rotatable bonds is 3. The molecule has 0 aliphatic heterocycles. The highest BCUT2D eigenvalue weighted by Crippen LogP contribution is 2.44. The molecule has 82 valence electrons. The van der Waals surface area contributed by atoms with Crippen LogP contribution in [0, 0.1) is 5.41 Å². The fraction of sp³-hybridized carbons (Fsp3) is 0.600. The first-order chi connectivity index (χ1) is 7.00. The fourth-order valence-corrected chi connectivity index (χ4v) is 1.45. The van der Waals surface area contributed by atoms with Gasteiger partial charge in [-0.05, 0) is 18.3 Å². The molecule has 0 atom stereocenters. The Hall–Kier alpha value is -1.52. The second-order valence-electron chi connectivity index (χ2n) is 4.60. The van der Waals surface area contributed by atoms with Gasteiger partial charge >= 0.3 is 0 Å². The highest BCUT2D eigenvalue weighted by atomic mass is 16.2. The summed E-state index contributed by atoms with van der Waals surface area (Å²) in [5.41, 5.74) is 6.71. The summed E-state index contributed by atoms with van der Waals surface area (Å²) in [4.78, 5) is 11.7. The second-order valence-corrected chi connectivity index (χ2v) is 4.60. The van der Waals surface area contributed by atoms with Crippen molar-refractivity contribution in [1.82, 2.24) is 15.1 Å². The van der Waals surface area contributed by atoms with E-state index in [9.17, 15) is 4.79 Å². The largest absolute Gasteiger partial charge is 0.396 e. The Morgan fingerprint density at radius 2 is 2.40 bits per heavy atom. The summed E-state index contributed by atoms with van der Waals surface area (Å²) >= 11 is 0. The zero-order valence-corrected chi connectivity index (χ0v) is 9.08. The fourth-order valence-electron chi connectivity index (χ4n) is 1.45. The number of amides is 1. The zero-order valence-electron chi connectivity index (χ0n) is 9.08. The lowest BCUT2D eigenvalue weighted by Crippen LogP contribution is -2.29. The number of aryl methyl sites for hydroxylation is 1. The maximum Gasteiger partial charge on any atom is 0.273 e. The van der Waals surface area contributed by atoms with Gasteiger partial charge in [0.25, 0.3) is 5.91 Å². The van der Waals surface area contributed by atoms with Gasteiger partial charge in [-0.25, -0.2) is 0 Å². The van der Waals surface area contributed by atoms with Crippen LogP contribution in [0.2, 0.25) is 0 Å². The number of nitrogens with one attached hydrogen (secondary N) is 1. The number of carbonyl (C=O) groups excluding carboxylic acids is 1. The summed E-state index contributed by atoms with van der Waals surface area (Å²) in [5.74, 6) is -0.179. The van der Waals surface area contributed by atoms with Crippen LogP contribution in [-0.2, 0) is 7.05 Å². The van der Waals surface area contributed by atoms with Crippen LogP contribution >= 0.6 is 0 Å². The molecular weight excluding hydrogens is 192 g/mol. The standard InChI is InChI=1S/C10H16N4O/c1-10(3-4-10)6-12-9(15)8-7(11)5-14(2)13-8/h5H,3-4,6,11H2,1-2H3,(H,12,15). The maximum absolute atomic E-state index is 11.7. The number of hydrogen-bond donors (Lipinski definition) is 2. The molecule has 5 nitrogen and oxygen atoms in total. The van der Waals surface area contributed by atoms with E-state index < -0.39 is 0 Å². The SMILES string of the molecule is Cn1cc(N)c(C(=O)NCC2(C)CC2)n1. The Morgan fingerprint density at radius 1 is 1.73 bits per heavy atom. The summed E-state index contributed by atoms with van der Waals surface area (Å²) in [6.45, 7) is 2.87. The maximum atomic E-state index is 11.7. The smallest absolute Gasteiger partial charge is 0.273 e. The van der Waals surface area contributed by atoms with Gasteiger partial charge in [0.05, 0.1) is 5.69 Å². The quantitative estimate of drug-likeness (QED) is 0.761. The monoisotopic (exact) mass is 208 g/mol. The van der Waals surface area contributed by atoms with Crippen molar-refractivity contribution in [3.8, 4) is 0 Å². The van der Waals surface area contributed by atoms with Gasteiger partial charge in [0, 0.05) is 19.8 Å². The highest BCUT2D eigenvalue weighted by Gasteiger charge is 2.37. The van der Waals surface area contributed by atoms with Crippen molar-refractivity contribution in [2.75, 3.05) is 12.3 Å². The molecule has 0 saturated heterocycles. The molecule has 15 heavy (non-hydrogen) atoms. The molecule has 0 bridgehead atoms. The minimum atomic E-state index is -0.179. The van der Waals surface area contributed by atoms with Gasteiger partial charge in [0.2, 0.25) is 0 Å². The first-order valence-electron chi connectivity index (χ1n) is 5.07. The van der Waals surface area contributed by atoms with E-state index in [0.717, 1.165) is 0 Å². The number of carbonyl (C=O) groups is 1. The first-order valence-corrected chi connectivity index (χ1v) is 5.07. The predicted molar refractivity (Wildman–Crippen MR) is 57.3 cm³/mol. The number of nitrogens with two attached hydrogens (primary N) is 1. The predicted octanol–water partition coefficient (Wildman–Crippen LogP) is 0.532. The highest BCUT2D eigenvalue weighted by molar-refractivity contribution is 5.97. The lowest BCUT2D eigenvalue weighted by molar-refractivity contribution is 0.0941. The Bertz CT molecular complexity index is 392. The van der Waals surface area contributed by atoms with E-state index in [1.54, 1.807) is 17.9 Å². The molecule has 3 N–H and O–H groups in total. The first kappa shape index (κ1) is 10.0. The minimum Gasteiger partial charge on any atom is -0.396 e. The van der Waals surface area contributed by atoms with E-state index in [4.69, 9.17) is 5.73 Å². The molecule has 1 aliphatic rings. The Balaban J connectivity index is 1.98. The van der Waals surface area contributed by atoms with Gasteiger partial charge < -0.3 is 11.1 Å². The van der Waals surface area contributed by atoms with Crippen LogP contribution in [0.3, 0.4) is 0 Å². The molecule has 1 aliphatic carbocycles. The minimum absolute atomic E-state index is 0.179. The van der Waals surface area contributed by atoms with Crippen LogP contribution in [0.25, 0.3) is 0 Å². The molecule has 1 aromatic rings. The molecule has 2 rings (SSSR count). The van der Waals surface area contributed by atoms with Gasteiger partial charge in [-0.1, -0.05) is 6.92 Å². The Kier molecular flexibility index (Phi) is 2.17. The lowest BCUT2D eigenvalue weighted by Gasteiger charge is -2.08. The molecule has 0 radical (unpaired) electrons. The summed E-state index contributed by atoms with van der Waals surface area (Å²) < 4.78 is 1.54. The van der Waals surface area contributed by atoms with Crippen LogP contribution in [0.1, 0.15) is 30.3 Å². The third-order valence-corrected chi connectivity index (χ3v) is 2.85. The summed E-state index contributed by atoms with van der Waals surface area (Å²) in [6.07, 6.45) is 4.00. The van der Waals surface area contributed by atoms with Crippen molar-refractivity contribution in [1.29, 1.82) is 0 Å². The second kappa shape index (κ2) is 3.25. The third-order valence-electron chi connectivity index (χ3n) is 2.85. The van der Waals surface area contributed by atoms with Crippen molar-refractivity contribution >= 4 is 11.6 Å². The summed E-state index contributed by atoms with van der Waals surface area (Å²) in [7, 11) is 1.75. The summed E-state index contributed by atoms with van der Waals surface area (Å²) in [6, 6.07) is 0. The van der Waals surface area contributed by atoms with E-state index >= 15 is 0 Å². The number of nitrogens with zero attached hydrogens (tertiary/aromatic N) is 2. The van der Waals surface area contributed by atoms with Gasteiger partial charge in [0.15, 0.2) is 5.69 Å². The number of anilines is 1. The van der Waals surface area contributed by atoms with Crippen molar-refractivity contribution in [3.63, 3.8) is 0 Å². The van der Waals surface area contributed by atoms with Crippen LogP contribution < -0.4 is 11.1 Å². The van der Waals surface area contributed by atoms with Crippen molar-refractivity contribution in [2.45, 2.75) is 19.8 Å². The van der Waals surface area contributed by atoms with Gasteiger partial charge in [-0.15, -0.1) is 0 Å². The van der Waals surface area contributed by atoms with E-state index in [2.05, 4.69) is 17.3 Å². The molecule has 1 heterocycles. The molecular formula is C10H16N4O. The van der Waals surface area contributed by atoms with E-state index in [1.807, 2.05) is 0 Å². The van der Waals surface area contributed by atoms with E-state index in [1.165, 1.54) is 12.8 Å². The molecule has 1 saturated carbocycles. The summed E-state index contributed by atoms with van der Waals surface area (Å²) in [5, 5.41) is 6.87. The van der Waals surface area contributed by atoms with Crippen LogP contribution in [0.15, 0.2) is 6.20 Å². The van der Waals surface area contributed by atoms with Gasteiger partial charge in [-0.2, -0.15) is 5.10 Å². The molecule has 1 aromatic heterocycles. The molecule has 0 spiro atoms. The molecule has 0 aromatic carbocycles. The van der Waals surface area contributed by atoms with E-state index in [0.29, 0.717) is 23.3 Å². The zero-order chi connectivity index (χ0) is 11.1. The Labute approximate surface area is 88.6 Å². The van der Waals surface area contributed by atoms with Gasteiger partial charge in [-0.3, -0.25) is 9.48 Å². The third kappa shape index (κ3) is 2.11. The topological polar surface area (TPSA) is 72.9 Å². The van der Waals surface area contributed by atoms with Gasteiger partial charge in [0.1, 0.15) is 0 Å². The number of aromatic nitrogens is 2. The molecule has 5 heteroatoms. The van der Waals surface area contributed by atoms with Crippen LogP contribution in [-0.4, -0.2) is 22.2 Å². The van der Waals surface area contributed by atoms with Crippen LogP contribution in [0.4, 0.5) is 5.69 Å². The van der Waals surface area contributed by atoms with Crippen molar-refractivity contribution in [2.24, 2.45) is 12.5 Å². The molecule has 1 fully saturated rings. The average Bonchev–Trinajstić information content (AvgIpc) is 2.80. The average molecular weight is 208 g/mol. The van der Waals surface area contributed by atoms with Crippen molar-refractivity contribution < 1.29 is 4.79 Å². The normalized spacial score (nSPS) is 17.5.